The second kappa shape index (κ2) is 8.44. The number of rotatable bonds is 5. The minimum absolute atomic E-state index is 0.0110. The molecule has 1 saturated heterocycles. The van der Waals surface area contributed by atoms with Gasteiger partial charge in [0.1, 0.15) is 17.4 Å². The summed E-state index contributed by atoms with van der Waals surface area (Å²) in [7, 11) is 1.54. The number of carbonyl (C=O) groups excluding carboxylic acids is 1. The molecule has 1 amide bonds. The number of methoxy groups -OCH3 is 1. The summed E-state index contributed by atoms with van der Waals surface area (Å²) in [5, 5.41) is 8.27. The molecule has 2 aliphatic heterocycles. The van der Waals surface area contributed by atoms with Crippen molar-refractivity contribution < 1.29 is 14.3 Å². The monoisotopic (exact) mass is 457 g/mol. The van der Waals surface area contributed by atoms with Crippen LogP contribution < -0.4 is 10.1 Å². The fraction of sp³-hybridized carbons (Fsp3) is 0.429. The van der Waals surface area contributed by atoms with Crippen molar-refractivity contribution in [2.45, 2.75) is 26.4 Å². The van der Waals surface area contributed by atoms with Crippen LogP contribution in [0.1, 0.15) is 11.1 Å². The second-order valence-electron chi connectivity index (χ2n) is 7.84. The van der Waals surface area contributed by atoms with E-state index in [1.807, 2.05) is 19.2 Å². The van der Waals surface area contributed by atoms with Crippen LogP contribution >= 0.6 is 11.6 Å². The van der Waals surface area contributed by atoms with Gasteiger partial charge in [0, 0.05) is 31.4 Å². The summed E-state index contributed by atoms with van der Waals surface area (Å²) in [4.78, 5) is 23.6. The van der Waals surface area contributed by atoms with Gasteiger partial charge in [0.25, 0.3) is 5.88 Å². The molecular formula is C21H24ClN7O3. The molecular weight excluding hydrogens is 434 g/mol. The SMILES string of the molecule is COc1nn(CC(=O)N2CCOCC2)cc1Nc1ncc2c(n1)-c1c(C)cc(Cl)n1CC2. The predicted octanol–water partition coefficient (Wildman–Crippen LogP) is 2.27. The lowest BCUT2D eigenvalue weighted by atomic mass is 10.0. The van der Waals surface area contributed by atoms with Crippen LogP contribution in [-0.4, -0.2) is 68.5 Å². The van der Waals surface area contributed by atoms with Crippen molar-refractivity contribution in [3.8, 4) is 17.3 Å². The normalized spacial score (nSPS) is 15.3. The molecule has 0 unspecified atom stereocenters. The molecule has 3 aromatic rings. The van der Waals surface area contributed by atoms with Crippen LogP contribution in [-0.2, 0) is 29.0 Å². The van der Waals surface area contributed by atoms with Gasteiger partial charge in [-0.2, -0.15) is 0 Å². The zero-order valence-corrected chi connectivity index (χ0v) is 18.7. The molecule has 2 aliphatic rings. The van der Waals surface area contributed by atoms with Crippen LogP contribution in [0.15, 0.2) is 18.5 Å². The van der Waals surface area contributed by atoms with Crippen molar-refractivity contribution in [3.63, 3.8) is 0 Å². The smallest absolute Gasteiger partial charge is 0.256 e. The van der Waals surface area contributed by atoms with Gasteiger partial charge >= 0.3 is 0 Å². The Balaban J connectivity index is 1.38. The van der Waals surface area contributed by atoms with Gasteiger partial charge in [-0.3, -0.25) is 9.48 Å². The summed E-state index contributed by atoms with van der Waals surface area (Å²) in [5.74, 6) is 0.776. The molecule has 0 spiro atoms. The highest BCUT2D eigenvalue weighted by Crippen LogP contribution is 2.35. The van der Waals surface area contributed by atoms with Crippen molar-refractivity contribution in [3.05, 3.63) is 34.7 Å². The number of amides is 1. The lowest BCUT2D eigenvalue weighted by Crippen LogP contribution is -2.42. The Kier molecular flexibility index (Phi) is 5.48. The molecule has 168 valence electrons. The first-order valence-electron chi connectivity index (χ1n) is 10.5. The lowest BCUT2D eigenvalue weighted by Gasteiger charge is -2.26. The molecule has 0 atom stereocenters. The number of anilines is 2. The molecule has 10 nitrogen and oxygen atoms in total. The highest BCUT2D eigenvalue weighted by molar-refractivity contribution is 6.30. The summed E-state index contributed by atoms with van der Waals surface area (Å²) in [6.07, 6.45) is 4.39. The summed E-state index contributed by atoms with van der Waals surface area (Å²) < 4.78 is 14.3. The molecule has 1 fully saturated rings. The number of hydrogen-bond acceptors (Lipinski definition) is 7. The van der Waals surface area contributed by atoms with Gasteiger partial charge < -0.3 is 24.3 Å². The molecule has 0 bridgehead atoms. The lowest BCUT2D eigenvalue weighted by molar-refractivity contribution is -0.136. The fourth-order valence-electron chi connectivity index (χ4n) is 4.16. The number of nitrogens with zero attached hydrogens (tertiary/aromatic N) is 6. The van der Waals surface area contributed by atoms with E-state index in [-0.39, 0.29) is 12.5 Å². The molecule has 0 saturated carbocycles. The summed E-state index contributed by atoms with van der Waals surface area (Å²) in [5.41, 5.74) is 4.63. The van der Waals surface area contributed by atoms with Gasteiger partial charge in [-0.05, 0) is 25.0 Å². The van der Waals surface area contributed by atoms with Gasteiger partial charge in [-0.15, -0.1) is 5.10 Å². The molecule has 32 heavy (non-hydrogen) atoms. The molecule has 3 aromatic heterocycles. The van der Waals surface area contributed by atoms with Crippen LogP contribution in [0, 0.1) is 6.92 Å². The van der Waals surface area contributed by atoms with Crippen LogP contribution in [0.5, 0.6) is 5.88 Å². The first-order chi connectivity index (χ1) is 15.5. The molecule has 0 aliphatic carbocycles. The maximum absolute atomic E-state index is 12.6. The molecule has 11 heteroatoms. The fourth-order valence-corrected chi connectivity index (χ4v) is 4.49. The maximum Gasteiger partial charge on any atom is 0.256 e. The minimum Gasteiger partial charge on any atom is -0.478 e. The second-order valence-corrected chi connectivity index (χ2v) is 8.22. The third-order valence-corrected chi connectivity index (χ3v) is 6.07. The van der Waals surface area contributed by atoms with Crippen molar-refractivity contribution in [2.24, 2.45) is 0 Å². The van der Waals surface area contributed by atoms with Gasteiger partial charge in [-0.1, -0.05) is 11.6 Å². The standard InChI is InChI=1S/C21H24ClN7O3/c1-13-9-16(22)29-4-3-14-10-23-21(25-18(14)19(13)29)24-15-11-28(26-20(15)31-2)12-17(30)27-5-7-32-8-6-27/h9-11H,3-8,12H2,1-2H3,(H,23,24,25). The Morgan fingerprint density at radius 2 is 2.12 bits per heavy atom. The quantitative estimate of drug-likeness (QED) is 0.627. The van der Waals surface area contributed by atoms with Gasteiger partial charge in [0.15, 0.2) is 0 Å². The van der Waals surface area contributed by atoms with Crippen LogP contribution in [0.4, 0.5) is 11.6 Å². The van der Waals surface area contributed by atoms with E-state index in [1.54, 1.807) is 15.8 Å². The molecule has 0 radical (unpaired) electrons. The topological polar surface area (TPSA) is 99.3 Å². The number of hydrogen-bond donors (Lipinski definition) is 1. The highest BCUT2D eigenvalue weighted by Gasteiger charge is 2.24. The van der Waals surface area contributed by atoms with E-state index in [0.717, 1.165) is 35.5 Å². The molecule has 0 aromatic carbocycles. The van der Waals surface area contributed by atoms with E-state index in [1.165, 1.54) is 7.11 Å². The Labute approximate surface area is 190 Å². The summed E-state index contributed by atoms with van der Waals surface area (Å²) in [6, 6.07) is 1.96. The molecule has 5 rings (SSSR count). The van der Waals surface area contributed by atoms with Gasteiger partial charge in [0.05, 0.1) is 37.9 Å². The molecule has 1 N–H and O–H groups in total. The zero-order valence-electron chi connectivity index (χ0n) is 18.0. The predicted molar refractivity (Wildman–Crippen MR) is 118 cm³/mol. The number of halogens is 1. The number of ether oxygens (including phenoxy) is 2. The van der Waals surface area contributed by atoms with E-state index in [4.69, 9.17) is 26.1 Å². The van der Waals surface area contributed by atoms with Crippen LogP contribution in [0.3, 0.4) is 0 Å². The average Bonchev–Trinajstić information content (AvgIpc) is 3.33. The Morgan fingerprint density at radius 1 is 1.31 bits per heavy atom. The first-order valence-corrected chi connectivity index (χ1v) is 10.9. The largest absolute Gasteiger partial charge is 0.478 e. The average molecular weight is 458 g/mol. The van der Waals surface area contributed by atoms with Gasteiger partial charge in [0.2, 0.25) is 11.9 Å². The third kappa shape index (κ3) is 3.80. The number of morpholine rings is 1. The number of carbonyl (C=O) groups is 1. The van der Waals surface area contributed by atoms with Crippen molar-refractivity contribution in [2.75, 3.05) is 38.7 Å². The Hall–Kier alpha value is -3.11. The van der Waals surface area contributed by atoms with Crippen molar-refractivity contribution in [1.29, 1.82) is 0 Å². The first kappa shape index (κ1) is 20.8. The number of aryl methyl sites for hydroxylation is 2. The summed E-state index contributed by atoms with van der Waals surface area (Å²) >= 11 is 6.38. The number of nitrogens with one attached hydrogen (secondary N) is 1. The molecule has 5 heterocycles. The third-order valence-electron chi connectivity index (χ3n) is 5.76. The van der Waals surface area contributed by atoms with Crippen molar-refractivity contribution in [1.82, 2.24) is 29.2 Å². The maximum atomic E-state index is 12.6. The Morgan fingerprint density at radius 3 is 2.91 bits per heavy atom. The van der Waals surface area contributed by atoms with Crippen molar-refractivity contribution >= 4 is 29.1 Å². The van der Waals surface area contributed by atoms with Crippen LogP contribution in [0.25, 0.3) is 11.4 Å². The zero-order chi connectivity index (χ0) is 22.2. The van der Waals surface area contributed by atoms with E-state index in [0.29, 0.717) is 49.0 Å². The minimum atomic E-state index is -0.0110. The van der Waals surface area contributed by atoms with E-state index < -0.39 is 0 Å². The highest BCUT2D eigenvalue weighted by atomic mass is 35.5. The summed E-state index contributed by atoms with van der Waals surface area (Å²) in [6.45, 7) is 5.26. The van der Waals surface area contributed by atoms with E-state index in [2.05, 4.69) is 20.0 Å². The van der Waals surface area contributed by atoms with E-state index in [9.17, 15) is 4.79 Å². The van der Waals surface area contributed by atoms with Gasteiger partial charge in [-0.25, -0.2) is 9.97 Å². The number of aromatic nitrogens is 5. The Bertz CT molecular complexity index is 1170. The number of fused-ring (bicyclic) bond motifs is 3. The van der Waals surface area contributed by atoms with E-state index >= 15 is 0 Å². The van der Waals surface area contributed by atoms with Crippen LogP contribution in [0.2, 0.25) is 5.15 Å².